The van der Waals surface area contributed by atoms with E-state index in [0.717, 1.165) is 38.5 Å². The molecular formula is C19H34N2O4S. The van der Waals surface area contributed by atoms with Crippen LogP contribution < -0.4 is 10.6 Å². The summed E-state index contributed by atoms with van der Waals surface area (Å²) in [5, 5.41) is 5.68. The first-order valence-electron chi connectivity index (χ1n) is 9.52. The number of carbonyl (C=O) groups is 3. The van der Waals surface area contributed by atoms with Crippen LogP contribution in [0.25, 0.3) is 0 Å². The summed E-state index contributed by atoms with van der Waals surface area (Å²) in [7, 11) is 0. The molecule has 1 aliphatic carbocycles. The lowest BCUT2D eigenvalue weighted by atomic mass is 10.0. The van der Waals surface area contributed by atoms with Crippen LogP contribution in [0.1, 0.15) is 65.7 Å². The van der Waals surface area contributed by atoms with E-state index in [9.17, 15) is 14.4 Å². The number of hydrogen-bond donors (Lipinski definition) is 2. The first-order chi connectivity index (χ1) is 12.2. The zero-order chi connectivity index (χ0) is 19.6. The lowest BCUT2D eigenvalue weighted by Gasteiger charge is -2.20. The van der Waals surface area contributed by atoms with Crippen molar-refractivity contribution in [2.75, 3.05) is 18.6 Å². The van der Waals surface area contributed by atoms with Crippen molar-refractivity contribution < 1.29 is 19.1 Å². The first kappa shape index (κ1) is 22.8. The van der Waals surface area contributed by atoms with Gasteiger partial charge in [-0.3, -0.25) is 9.59 Å². The Labute approximate surface area is 161 Å². The van der Waals surface area contributed by atoms with E-state index < -0.39 is 17.7 Å². The minimum Gasteiger partial charge on any atom is -0.444 e. The molecule has 0 radical (unpaired) electrons. The Hall–Kier alpha value is -1.24. The summed E-state index contributed by atoms with van der Waals surface area (Å²) >= 11 is 1.48. The highest BCUT2D eigenvalue weighted by molar-refractivity contribution is 7.99. The third kappa shape index (κ3) is 9.46. The second-order valence-electron chi connectivity index (χ2n) is 7.87. The van der Waals surface area contributed by atoms with E-state index in [1.165, 1.54) is 11.8 Å². The molecule has 0 aromatic rings. The molecule has 1 fully saturated rings. The molecule has 0 spiro atoms. The van der Waals surface area contributed by atoms with Gasteiger partial charge in [-0.2, -0.15) is 11.8 Å². The van der Waals surface area contributed by atoms with Crippen LogP contribution in [0.2, 0.25) is 0 Å². The Morgan fingerprint density at radius 1 is 1.15 bits per heavy atom. The van der Waals surface area contributed by atoms with Crippen molar-refractivity contribution in [1.29, 1.82) is 0 Å². The number of hydrogen-bond acceptors (Lipinski definition) is 5. The van der Waals surface area contributed by atoms with Gasteiger partial charge >= 0.3 is 6.09 Å². The van der Waals surface area contributed by atoms with Crippen molar-refractivity contribution in [2.45, 2.75) is 77.4 Å². The molecular weight excluding hydrogens is 352 g/mol. The summed E-state index contributed by atoms with van der Waals surface area (Å²) in [6, 6.07) is -0.419. The number of unbranched alkanes of at least 4 members (excludes halogenated alkanes) is 1. The second kappa shape index (κ2) is 11.5. The quantitative estimate of drug-likeness (QED) is 0.563. The SMILES string of the molecule is CSCC(=O)[C@H](CCCCNC(=O)OC(C)(C)C)NC(=O)C1CCCC1. The number of thioether (sulfide) groups is 1. The summed E-state index contributed by atoms with van der Waals surface area (Å²) < 4.78 is 5.18. The van der Waals surface area contributed by atoms with Crippen molar-refractivity contribution in [3.63, 3.8) is 0 Å². The van der Waals surface area contributed by atoms with Gasteiger partial charge in [0.05, 0.1) is 11.8 Å². The molecule has 1 aliphatic rings. The Bertz CT molecular complexity index is 471. The predicted molar refractivity (Wildman–Crippen MR) is 105 cm³/mol. The highest BCUT2D eigenvalue weighted by atomic mass is 32.2. The standard InChI is InChI=1S/C19H34N2O4S/c1-19(2,3)25-18(24)20-12-8-7-11-15(16(22)13-26-4)21-17(23)14-9-5-6-10-14/h14-15H,5-13H2,1-4H3,(H,20,24)(H,21,23)/t15-/m0/s1. The Morgan fingerprint density at radius 2 is 1.81 bits per heavy atom. The lowest BCUT2D eigenvalue weighted by Crippen LogP contribution is -2.44. The molecule has 6 nitrogen and oxygen atoms in total. The average molecular weight is 387 g/mol. The maximum atomic E-state index is 12.3. The fourth-order valence-corrected chi connectivity index (χ4v) is 3.50. The van der Waals surface area contributed by atoms with Gasteiger partial charge < -0.3 is 15.4 Å². The zero-order valence-electron chi connectivity index (χ0n) is 16.6. The highest BCUT2D eigenvalue weighted by Gasteiger charge is 2.27. The maximum absolute atomic E-state index is 12.3. The van der Waals surface area contributed by atoms with E-state index in [-0.39, 0.29) is 17.6 Å². The van der Waals surface area contributed by atoms with Gasteiger partial charge in [-0.25, -0.2) is 4.79 Å². The molecule has 2 amide bonds. The molecule has 0 aromatic heterocycles. The van der Waals surface area contributed by atoms with Crippen LogP contribution in [0, 0.1) is 5.92 Å². The summed E-state index contributed by atoms with van der Waals surface area (Å²) in [6.07, 6.45) is 7.60. The molecule has 7 heteroatoms. The van der Waals surface area contributed by atoms with Gasteiger partial charge in [0.15, 0.2) is 5.78 Å². The predicted octanol–water partition coefficient (Wildman–Crippen LogP) is 3.29. The summed E-state index contributed by atoms with van der Waals surface area (Å²) in [5.41, 5.74) is -0.510. The molecule has 1 rings (SSSR count). The molecule has 26 heavy (non-hydrogen) atoms. The van der Waals surface area contributed by atoms with Crippen LogP contribution in [-0.4, -0.2) is 48.0 Å². The van der Waals surface area contributed by atoms with Gasteiger partial charge in [0.1, 0.15) is 5.60 Å². The van der Waals surface area contributed by atoms with Gasteiger partial charge in [-0.1, -0.05) is 12.8 Å². The van der Waals surface area contributed by atoms with Crippen LogP contribution in [0.3, 0.4) is 0 Å². The minimum absolute atomic E-state index is 0.0221. The third-order valence-corrected chi connectivity index (χ3v) is 4.88. The van der Waals surface area contributed by atoms with Gasteiger partial charge in [-0.15, -0.1) is 0 Å². The van der Waals surface area contributed by atoms with Crippen molar-refractivity contribution in [1.82, 2.24) is 10.6 Å². The number of nitrogens with one attached hydrogen (secondary N) is 2. The largest absolute Gasteiger partial charge is 0.444 e. The molecule has 0 aromatic carbocycles. The Balaban J connectivity index is 2.35. The number of ether oxygens (including phenoxy) is 1. The fraction of sp³-hybridized carbons (Fsp3) is 0.842. The van der Waals surface area contributed by atoms with Gasteiger partial charge in [0, 0.05) is 12.5 Å². The summed E-state index contributed by atoms with van der Waals surface area (Å²) in [5.74, 6) is 0.567. The van der Waals surface area contributed by atoms with Gasteiger partial charge in [-0.05, 0) is 59.1 Å². The third-order valence-electron chi connectivity index (χ3n) is 4.31. The van der Waals surface area contributed by atoms with Gasteiger partial charge in [0.25, 0.3) is 0 Å². The zero-order valence-corrected chi connectivity index (χ0v) is 17.4. The minimum atomic E-state index is -0.510. The van der Waals surface area contributed by atoms with Crippen molar-refractivity contribution in [3.05, 3.63) is 0 Å². The molecule has 0 heterocycles. The maximum Gasteiger partial charge on any atom is 0.407 e. The number of Topliss-reactive ketones (excluding diaryl/α,β-unsaturated/α-hetero) is 1. The molecule has 1 saturated carbocycles. The van der Waals surface area contributed by atoms with Crippen LogP contribution >= 0.6 is 11.8 Å². The van der Waals surface area contributed by atoms with E-state index in [0.29, 0.717) is 18.7 Å². The Morgan fingerprint density at radius 3 is 2.38 bits per heavy atom. The molecule has 0 unspecified atom stereocenters. The van der Waals surface area contributed by atoms with Crippen molar-refractivity contribution >= 4 is 29.5 Å². The summed E-state index contributed by atoms with van der Waals surface area (Å²) in [4.78, 5) is 36.2. The highest BCUT2D eigenvalue weighted by Crippen LogP contribution is 2.25. The van der Waals surface area contributed by atoms with E-state index in [1.54, 1.807) is 0 Å². The van der Waals surface area contributed by atoms with E-state index >= 15 is 0 Å². The smallest absolute Gasteiger partial charge is 0.407 e. The Kier molecular flexibility index (Phi) is 10.1. The first-order valence-corrected chi connectivity index (χ1v) is 10.9. The molecule has 0 aliphatic heterocycles. The number of rotatable bonds is 10. The normalized spacial score (nSPS) is 16.2. The van der Waals surface area contributed by atoms with Gasteiger partial charge in [0.2, 0.25) is 5.91 Å². The van der Waals surface area contributed by atoms with E-state index in [1.807, 2.05) is 27.0 Å². The molecule has 0 saturated heterocycles. The number of ketones is 1. The lowest BCUT2D eigenvalue weighted by molar-refractivity contribution is -0.129. The molecule has 0 bridgehead atoms. The van der Waals surface area contributed by atoms with Crippen LogP contribution in [0.15, 0.2) is 0 Å². The van der Waals surface area contributed by atoms with E-state index in [4.69, 9.17) is 4.74 Å². The fourth-order valence-electron chi connectivity index (χ4n) is 3.01. The monoisotopic (exact) mass is 386 g/mol. The topological polar surface area (TPSA) is 84.5 Å². The molecule has 1 atom stereocenters. The van der Waals surface area contributed by atoms with Crippen molar-refractivity contribution in [2.24, 2.45) is 5.92 Å². The van der Waals surface area contributed by atoms with Crippen LogP contribution in [0.5, 0.6) is 0 Å². The van der Waals surface area contributed by atoms with E-state index in [2.05, 4.69) is 10.6 Å². The number of carbonyl (C=O) groups excluding carboxylic acids is 3. The number of amides is 2. The number of alkyl carbamates (subject to hydrolysis) is 1. The van der Waals surface area contributed by atoms with Crippen LogP contribution in [0.4, 0.5) is 4.79 Å². The molecule has 150 valence electrons. The second-order valence-corrected chi connectivity index (χ2v) is 8.73. The molecule has 2 N–H and O–H groups in total. The summed E-state index contributed by atoms with van der Waals surface area (Å²) in [6.45, 7) is 5.96. The van der Waals surface area contributed by atoms with Crippen molar-refractivity contribution in [3.8, 4) is 0 Å². The average Bonchev–Trinajstić information content (AvgIpc) is 3.06. The van der Waals surface area contributed by atoms with Crippen LogP contribution in [-0.2, 0) is 14.3 Å².